The summed E-state index contributed by atoms with van der Waals surface area (Å²) in [5.41, 5.74) is 2.96. The lowest BCUT2D eigenvalue weighted by molar-refractivity contribution is -0.118. The standard InChI is InChI=1S/C22H24N6O2/c1-16(29)24-11-10-23-12-13-28-15-18-14-20(6-7-22(18)27-28)30-19-4-2-17(3-5-19)21-8-9-25-26-21/h2-9,14-15,23H,10-13H2,1H3,(H,24,29)(H,25,26). The summed E-state index contributed by atoms with van der Waals surface area (Å²) in [6.07, 6.45) is 3.75. The van der Waals surface area contributed by atoms with Crippen molar-refractivity contribution in [1.29, 1.82) is 0 Å². The number of hydrogen-bond donors (Lipinski definition) is 3. The summed E-state index contributed by atoms with van der Waals surface area (Å²) in [5.74, 6) is 1.53. The summed E-state index contributed by atoms with van der Waals surface area (Å²) in [6.45, 7) is 4.40. The molecule has 30 heavy (non-hydrogen) atoms. The van der Waals surface area contributed by atoms with E-state index in [4.69, 9.17) is 4.74 Å². The van der Waals surface area contributed by atoms with Crippen molar-refractivity contribution in [2.75, 3.05) is 19.6 Å². The fourth-order valence-corrected chi connectivity index (χ4v) is 3.13. The number of rotatable bonds is 9. The van der Waals surface area contributed by atoms with Crippen molar-refractivity contribution in [2.24, 2.45) is 0 Å². The minimum Gasteiger partial charge on any atom is -0.457 e. The molecule has 2 aromatic carbocycles. The van der Waals surface area contributed by atoms with Gasteiger partial charge in [0.15, 0.2) is 0 Å². The predicted octanol–water partition coefficient (Wildman–Crippen LogP) is 2.94. The number of aromatic amines is 1. The van der Waals surface area contributed by atoms with Crippen LogP contribution < -0.4 is 15.4 Å². The van der Waals surface area contributed by atoms with Gasteiger partial charge in [-0.05, 0) is 54.1 Å². The van der Waals surface area contributed by atoms with Gasteiger partial charge in [0.25, 0.3) is 0 Å². The first-order chi connectivity index (χ1) is 14.7. The Bertz CT molecular complexity index is 1100. The number of ether oxygens (including phenoxy) is 1. The second-order valence-corrected chi connectivity index (χ2v) is 6.94. The van der Waals surface area contributed by atoms with Gasteiger partial charge in [-0.1, -0.05) is 0 Å². The summed E-state index contributed by atoms with van der Waals surface area (Å²) in [4.78, 5) is 10.8. The highest BCUT2D eigenvalue weighted by atomic mass is 16.5. The Labute approximate surface area is 174 Å². The van der Waals surface area contributed by atoms with Gasteiger partial charge in [0, 0.05) is 44.3 Å². The number of aromatic nitrogens is 4. The average Bonchev–Trinajstić information content (AvgIpc) is 3.40. The molecule has 0 radical (unpaired) electrons. The first kappa shape index (κ1) is 19.7. The summed E-state index contributed by atoms with van der Waals surface area (Å²) in [5, 5.41) is 18.6. The van der Waals surface area contributed by atoms with Crippen LogP contribution in [0.4, 0.5) is 0 Å². The lowest BCUT2D eigenvalue weighted by Crippen LogP contribution is -2.31. The molecule has 0 bridgehead atoms. The number of fused-ring (bicyclic) bond motifs is 1. The summed E-state index contributed by atoms with van der Waals surface area (Å²) < 4.78 is 7.92. The number of amides is 1. The van der Waals surface area contributed by atoms with Gasteiger partial charge < -0.3 is 15.4 Å². The topological polar surface area (TPSA) is 96.9 Å². The molecule has 0 unspecified atom stereocenters. The molecule has 0 saturated carbocycles. The van der Waals surface area contributed by atoms with Crippen LogP contribution in [0.2, 0.25) is 0 Å². The molecular weight excluding hydrogens is 380 g/mol. The van der Waals surface area contributed by atoms with E-state index in [9.17, 15) is 4.79 Å². The Hall–Kier alpha value is -3.65. The third kappa shape index (κ3) is 5.03. The fraction of sp³-hybridized carbons (Fsp3) is 0.227. The maximum absolute atomic E-state index is 10.8. The zero-order chi connectivity index (χ0) is 20.8. The van der Waals surface area contributed by atoms with E-state index in [-0.39, 0.29) is 5.91 Å². The highest BCUT2D eigenvalue weighted by molar-refractivity contribution is 5.79. The molecular formula is C22H24N6O2. The SMILES string of the molecule is CC(=O)NCCNCCn1cc2cc(Oc3ccc(-c4ccn[nH]4)cc3)ccc2n1. The van der Waals surface area contributed by atoms with Crippen LogP contribution in [-0.2, 0) is 11.3 Å². The molecule has 0 spiro atoms. The van der Waals surface area contributed by atoms with Crippen LogP contribution in [0, 0.1) is 0 Å². The Morgan fingerprint density at radius 1 is 1.07 bits per heavy atom. The minimum atomic E-state index is -0.0121. The largest absolute Gasteiger partial charge is 0.457 e. The molecule has 4 rings (SSSR count). The molecule has 2 aromatic heterocycles. The maximum Gasteiger partial charge on any atom is 0.216 e. The first-order valence-electron chi connectivity index (χ1n) is 9.87. The Morgan fingerprint density at radius 2 is 1.90 bits per heavy atom. The maximum atomic E-state index is 10.8. The van der Waals surface area contributed by atoms with E-state index >= 15 is 0 Å². The van der Waals surface area contributed by atoms with Gasteiger partial charge >= 0.3 is 0 Å². The number of benzene rings is 2. The number of carbonyl (C=O) groups is 1. The van der Waals surface area contributed by atoms with Crippen LogP contribution in [0.15, 0.2) is 60.9 Å². The van der Waals surface area contributed by atoms with Crippen molar-refractivity contribution in [3.05, 3.63) is 60.9 Å². The number of nitrogens with zero attached hydrogens (tertiary/aromatic N) is 3. The highest BCUT2D eigenvalue weighted by Gasteiger charge is 2.05. The summed E-state index contributed by atoms with van der Waals surface area (Å²) in [6, 6.07) is 15.7. The first-order valence-corrected chi connectivity index (χ1v) is 9.87. The van der Waals surface area contributed by atoms with Crippen molar-refractivity contribution < 1.29 is 9.53 Å². The molecule has 3 N–H and O–H groups in total. The zero-order valence-electron chi connectivity index (χ0n) is 16.8. The molecule has 0 fully saturated rings. The average molecular weight is 404 g/mol. The highest BCUT2D eigenvalue weighted by Crippen LogP contribution is 2.27. The van der Waals surface area contributed by atoms with Gasteiger partial charge in [0.1, 0.15) is 11.5 Å². The van der Waals surface area contributed by atoms with Crippen LogP contribution in [0.1, 0.15) is 6.92 Å². The van der Waals surface area contributed by atoms with Crippen molar-refractivity contribution >= 4 is 16.8 Å². The van der Waals surface area contributed by atoms with Crippen molar-refractivity contribution in [2.45, 2.75) is 13.5 Å². The van der Waals surface area contributed by atoms with Gasteiger partial charge in [-0.2, -0.15) is 10.2 Å². The van der Waals surface area contributed by atoms with Gasteiger partial charge in [0.2, 0.25) is 5.91 Å². The van der Waals surface area contributed by atoms with E-state index in [0.717, 1.165) is 53.3 Å². The van der Waals surface area contributed by atoms with Crippen LogP contribution in [0.3, 0.4) is 0 Å². The molecule has 0 saturated heterocycles. The summed E-state index contributed by atoms with van der Waals surface area (Å²) >= 11 is 0. The van der Waals surface area contributed by atoms with E-state index in [1.165, 1.54) is 6.92 Å². The number of hydrogen-bond acceptors (Lipinski definition) is 5. The third-order valence-corrected chi connectivity index (χ3v) is 4.62. The number of nitrogens with one attached hydrogen (secondary N) is 3. The van der Waals surface area contributed by atoms with Crippen molar-refractivity contribution in [1.82, 2.24) is 30.6 Å². The van der Waals surface area contributed by atoms with Gasteiger partial charge in [-0.3, -0.25) is 14.6 Å². The Morgan fingerprint density at radius 3 is 2.67 bits per heavy atom. The Kier molecular flexibility index (Phi) is 6.05. The normalized spacial score (nSPS) is 11.0. The monoisotopic (exact) mass is 404 g/mol. The lowest BCUT2D eigenvalue weighted by Gasteiger charge is -2.06. The Balaban J connectivity index is 1.33. The van der Waals surface area contributed by atoms with E-state index in [1.54, 1.807) is 6.20 Å². The van der Waals surface area contributed by atoms with Gasteiger partial charge in [-0.25, -0.2) is 0 Å². The molecule has 0 atom stereocenters. The molecule has 8 nitrogen and oxygen atoms in total. The smallest absolute Gasteiger partial charge is 0.216 e. The van der Waals surface area contributed by atoms with Crippen molar-refractivity contribution in [3.63, 3.8) is 0 Å². The van der Waals surface area contributed by atoms with Crippen LogP contribution in [0.25, 0.3) is 22.2 Å². The van der Waals surface area contributed by atoms with Gasteiger partial charge in [-0.15, -0.1) is 0 Å². The second-order valence-electron chi connectivity index (χ2n) is 6.94. The molecule has 2 heterocycles. The number of H-pyrrole nitrogens is 1. The van der Waals surface area contributed by atoms with Crippen LogP contribution in [-0.4, -0.2) is 45.5 Å². The summed E-state index contributed by atoms with van der Waals surface area (Å²) in [7, 11) is 0. The van der Waals surface area contributed by atoms with Crippen molar-refractivity contribution in [3.8, 4) is 22.8 Å². The van der Waals surface area contributed by atoms with E-state index in [1.807, 2.05) is 59.4 Å². The molecule has 0 aliphatic carbocycles. The molecule has 4 aromatic rings. The van der Waals surface area contributed by atoms with Gasteiger partial charge in [0.05, 0.1) is 17.8 Å². The number of carbonyl (C=O) groups excluding carboxylic acids is 1. The molecule has 8 heteroatoms. The van der Waals surface area contributed by atoms with E-state index in [2.05, 4.69) is 25.9 Å². The predicted molar refractivity (Wildman–Crippen MR) is 115 cm³/mol. The van der Waals surface area contributed by atoms with E-state index in [0.29, 0.717) is 6.54 Å². The second kappa shape index (κ2) is 9.23. The van der Waals surface area contributed by atoms with E-state index < -0.39 is 0 Å². The minimum absolute atomic E-state index is 0.0121. The fourth-order valence-electron chi connectivity index (χ4n) is 3.13. The molecule has 0 aliphatic heterocycles. The van der Waals surface area contributed by atoms with Crippen LogP contribution in [0.5, 0.6) is 11.5 Å². The van der Waals surface area contributed by atoms with Crippen LogP contribution >= 0.6 is 0 Å². The molecule has 154 valence electrons. The third-order valence-electron chi connectivity index (χ3n) is 4.62. The molecule has 1 amide bonds. The lowest BCUT2D eigenvalue weighted by atomic mass is 10.1. The molecule has 0 aliphatic rings. The quantitative estimate of drug-likeness (QED) is 0.373. The zero-order valence-corrected chi connectivity index (χ0v) is 16.8.